The smallest absolute Gasteiger partial charge is 0.0674 e. The van der Waals surface area contributed by atoms with Crippen molar-refractivity contribution in [1.82, 2.24) is 4.90 Å². The van der Waals surface area contributed by atoms with Crippen molar-refractivity contribution in [2.75, 3.05) is 32.8 Å². The summed E-state index contributed by atoms with van der Waals surface area (Å²) in [7, 11) is 0. The van der Waals surface area contributed by atoms with E-state index < -0.39 is 0 Å². The van der Waals surface area contributed by atoms with Crippen molar-refractivity contribution in [2.45, 2.75) is 13.0 Å². The van der Waals surface area contributed by atoms with Gasteiger partial charge in [0.15, 0.2) is 0 Å². The highest BCUT2D eigenvalue weighted by molar-refractivity contribution is 8.93. The zero-order chi connectivity index (χ0) is 7.40. The molecule has 1 heterocycles. The summed E-state index contributed by atoms with van der Waals surface area (Å²) >= 11 is 0. The minimum atomic E-state index is 0. The number of nitrogens with two attached hydrogens (primary N) is 1. The Labute approximate surface area is 95.2 Å². The van der Waals surface area contributed by atoms with Gasteiger partial charge in [0, 0.05) is 26.2 Å². The summed E-state index contributed by atoms with van der Waals surface area (Å²) in [6, 6.07) is 0. The summed E-state index contributed by atoms with van der Waals surface area (Å²) in [5.74, 6) is 0. The number of hydrogen-bond acceptors (Lipinski definition) is 3. The zero-order valence-electron chi connectivity index (χ0n) is 7.36. The molecule has 1 rings (SSSR count). The number of nitrogens with zero attached hydrogens (tertiary/aromatic N) is 1. The molecule has 3 nitrogen and oxygen atoms in total. The van der Waals surface area contributed by atoms with Gasteiger partial charge in [0.2, 0.25) is 0 Å². The van der Waals surface area contributed by atoms with E-state index in [1.54, 1.807) is 0 Å². The topological polar surface area (TPSA) is 38.5 Å². The fourth-order valence-electron chi connectivity index (χ4n) is 1.28. The van der Waals surface area contributed by atoms with E-state index >= 15 is 0 Å². The number of ether oxygens (including phenoxy) is 1. The lowest BCUT2D eigenvalue weighted by Crippen LogP contribution is -2.43. The molecular weight excluding hydrogens is 288 g/mol. The van der Waals surface area contributed by atoms with Crippen molar-refractivity contribution < 1.29 is 4.74 Å². The van der Waals surface area contributed by atoms with Crippen LogP contribution in [0.25, 0.3) is 0 Å². The maximum absolute atomic E-state index is 5.42. The maximum atomic E-state index is 5.42. The van der Waals surface area contributed by atoms with Crippen molar-refractivity contribution >= 4 is 34.0 Å². The number of hydrogen-bond donors (Lipinski definition) is 1. The van der Waals surface area contributed by atoms with Gasteiger partial charge >= 0.3 is 0 Å². The second-order valence-corrected chi connectivity index (χ2v) is 2.77. The van der Waals surface area contributed by atoms with E-state index in [0.717, 1.165) is 32.8 Å². The predicted octanol–water partition coefficient (Wildman–Crippen LogP) is 0.822. The van der Waals surface area contributed by atoms with Gasteiger partial charge in [-0.15, -0.1) is 34.0 Å². The Hall–Kier alpha value is 0.840. The molecule has 12 heavy (non-hydrogen) atoms. The van der Waals surface area contributed by atoms with Crippen molar-refractivity contribution in [3.8, 4) is 0 Å². The van der Waals surface area contributed by atoms with Crippen LogP contribution in [0.3, 0.4) is 0 Å². The van der Waals surface area contributed by atoms with Crippen molar-refractivity contribution in [1.29, 1.82) is 0 Å². The van der Waals surface area contributed by atoms with Gasteiger partial charge in [-0.05, 0) is 6.92 Å². The van der Waals surface area contributed by atoms with Gasteiger partial charge in [-0.2, -0.15) is 0 Å². The Morgan fingerprint density at radius 3 is 2.67 bits per heavy atom. The van der Waals surface area contributed by atoms with Crippen LogP contribution in [-0.4, -0.2) is 43.8 Å². The Bertz CT molecular complexity index is 103. The van der Waals surface area contributed by atoms with Crippen LogP contribution in [0.5, 0.6) is 0 Å². The Kier molecular flexibility index (Phi) is 10.8. The molecule has 0 radical (unpaired) electrons. The summed E-state index contributed by atoms with van der Waals surface area (Å²) in [6.07, 6.45) is 0.389. The van der Waals surface area contributed by atoms with Crippen LogP contribution in [0.15, 0.2) is 0 Å². The normalized spacial score (nSPS) is 24.0. The largest absolute Gasteiger partial charge is 0.376 e. The first-order valence-corrected chi connectivity index (χ1v) is 3.87. The van der Waals surface area contributed by atoms with E-state index in [1.165, 1.54) is 0 Å². The lowest BCUT2D eigenvalue weighted by Gasteiger charge is -2.30. The van der Waals surface area contributed by atoms with Crippen LogP contribution in [0.2, 0.25) is 0 Å². The van der Waals surface area contributed by atoms with Crippen LogP contribution in [0.1, 0.15) is 6.92 Å². The zero-order valence-corrected chi connectivity index (χ0v) is 10.8. The number of rotatable bonds is 2. The van der Waals surface area contributed by atoms with Gasteiger partial charge in [-0.25, -0.2) is 0 Å². The third-order valence-corrected chi connectivity index (χ3v) is 1.77. The molecule has 0 amide bonds. The van der Waals surface area contributed by atoms with Crippen molar-refractivity contribution in [3.05, 3.63) is 0 Å². The summed E-state index contributed by atoms with van der Waals surface area (Å²) in [5, 5.41) is 0. The number of halogens is 2. The lowest BCUT2D eigenvalue weighted by atomic mass is 10.3. The minimum Gasteiger partial charge on any atom is -0.376 e. The standard InChI is InChI=1S/C7H16N2O.2BrH/c1-7-6-9(3-2-8)4-5-10-7;;/h7H,2-6,8H2,1H3;2*1H. The fourth-order valence-corrected chi connectivity index (χ4v) is 1.28. The Morgan fingerprint density at radius 1 is 1.50 bits per heavy atom. The molecule has 0 aromatic carbocycles. The molecule has 1 fully saturated rings. The van der Waals surface area contributed by atoms with E-state index in [1.807, 2.05) is 0 Å². The molecule has 0 bridgehead atoms. The van der Waals surface area contributed by atoms with E-state index in [2.05, 4.69) is 11.8 Å². The molecule has 5 heteroatoms. The van der Waals surface area contributed by atoms with Crippen LogP contribution in [-0.2, 0) is 4.74 Å². The van der Waals surface area contributed by atoms with Gasteiger partial charge in [0.25, 0.3) is 0 Å². The average Bonchev–Trinajstić information content (AvgIpc) is 1.88. The molecule has 1 saturated heterocycles. The van der Waals surface area contributed by atoms with E-state index in [4.69, 9.17) is 10.5 Å². The summed E-state index contributed by atoms with van der Waals surface area (Å²) < 4.78 is 5.37. The quantitative estimate of drug-likeness (QED) is 0.821. The van der Waals surface area contributed by atoms with Crippen LogP contribution in [0.4, 0.5) is 0 Å². The Balaban J connectivity index is 0. The lowest BCUT2D eigenvalue weighted by molar-refractivity contribution is -0.0170. The first-order chi connectivity index (χ1) is 4.83. The van der Waals surface area contributed by atoms with Crippen molar-refractivity contribution in [2.24, 2.45) is 5.73 Å². The van der Waals surface area contributed by atoms with Crippen LogP contribution in [0, 0.1) is 0 Å². The third-order valence-electron chi connectivity index (χ3n) is 1.77. The van der Waals surface area contributed by atoms with Gasteiger partial charge in [0.1, 0.15) is 0 Å². The first kappa shape index (κ1) is 15.3. The van der Waals surface area contributed by atoms with Gasteiger partial charge < -0.3 is 10.5 Å². The SMILES string of the molecule is Br.Br.CC1CN(CCN)CCO1. The van der Waals surface area contributed by atoms with Crippen LogP contribution < -0.4 is 5.73 Å². The molecule has 1 unspecified atom stereocenters. The summed E-state index contributed by atoms with van der Waals surface area (Å²) in [5.41, 5.74) is 5.42. The van der Waals surface area contributed by atoms with Gasteiger partial charge in [0.05, 0.1) is 12.7 Å². The number of morpholine rings is 1. The molecular formula is C7H18Br2N2O. The van der Waals surface area contributed by atoms with Crippen LogP contribution >= 0.6 is 34.0 Å². The maximum Gasteiger partial charge on any atom is 0.0674 e. The second kappa shape index (κ2) is 8.44. The second-order valence-electron chi connectivity index (χ2n) is 2.77. The monoisotopic (exact) mass is 304 g/mol. The summed E-state index contributed by atoms with van der Waals surface area (Å²) in [4.78, 5) is 2.34. The molecule has 1 atom stereocenters. The summed E-state index contributed by atoms with van der Waals surface area (Å²) in [6.45, 7) is 6.81. The minimum absolute atomic E-state index is 0. The molecule has 0 aromatic heterocycles. The van der Waals surface area contributed by atoms with E-state index in [0.29, 0.717) is 6.10 Å². The van der Waals surface area contributed by atoms with Gasteiger partial charge in [-0.1, -0.05) is 0 Å². The van der Waals surface area contributed by atoms with Gasteiger partial charge in [-0.3, -0.25) is 4.90 Å². The molecule has 1 aliphatic heterocycles. The average molecular weight is 306 g/mol. The molecule has 0 spiro atoms. The molecule has 0 aliphatic carbocycles. The molecule has 0 saturated carbocycles. The molecule has 0 aromatic rings. The predicted molar refractivity (Wildman–Crippen MR) is 61.6 cm³/mol. The molecule has 1 aliphatic rings. The molecule has 2 N–H and O–H groups in total. The highest BCUT2D eigenvalue weighted by atomic mass is 79.9. The van der Waals surface area contributed by atoms with E-state index in [-0.39, 0.29) is 34.0 Å². The van der Waals surface area contributed by atoms with E-state index in [9.17, 15) is 0 Å². The third kappa shape index (κ3) is 5.48. The highest BCUT2D eigenvalue weighted by Crippen LogP contribution is 2.02. The fraction of sp³-hybridized carbons (Fsp3) is 1.00. The Morgan fingerprint density at radius 2 is 2.17 bits per heavy atom. The van der Waals surface area contributed by atoms with Crippen molar-refractivity contribution in [3.63, 3.8) is 0 Å². The molecule has 76 valence electrons. The highest BCUT2D eigenvalue weighted by Gasteiger charge is 2.14. The first-order valence-electron chi connectivity index (χ1n) is 3.87.